The summed E-state index contributed by atoms with van der Waals surface area (Å²) in [7, 11) is 0. The number of H-pyrrole nitrogens is 1. The van der Waals surface area contributed by atoms with Crippen LogP contribution in [0.3, 0.4) is 0 Å². The molecule has 0 spiro atoms. The number of rotatable bonds is 2. The van der Waals surface area contributed by atoms with Crippen LogP contribution < -0.4 is 0 Å². The average molecular weight is 307 g/mol. The molecule has 6 heteroatoms. The highest BCUT2D eigenvalue weighted by Crippen LogP contribution is 2.21. The van der Waals surface area contributed by atoms with E-state index in [9.17, 15) is 4.79 Å². The molecule has 3 heterocycles. The van der Waals surface area contributed by atoms with Crippen LogP contribution in [0.4, 0.5) is 0 Å². The minimum absolute atomic E-state index is 0.0246. The van der Waals surface area contributed by atoms with Gasteiger partial charge in [-0.3, -0.25) is 9.89 Å². The predicted molar refractivity (Wildman–Crippen MR) is 85.3 cm³/mol. The SMILES string of the molecule is Cc1c(C(=O)N2CCc3[nH]ncc3C2)cnn1-c1ccccc1. The van der Waals surface area contributed by atoms with E-state index in [4.69, 9.17) is 0 Å². The minimum atomic E-state index is 0.0246. The Morgan fingerprint density at radius 2 is 2.04 bits per heavy atom. The van der Waals surface area contributed by atoms with Crippen LogP contribution in [0.25, 0.3) is 5.69 Å². The first-order valence-electron chi connectivity index (χ1n) is 7.64. The summed E-state index contributed by atoms with van der Waals surface area (Å²) in [5.41, 5.74) is 4.70. The molecule has 2 aromatic heterocycles. The van der Waals surface area contributed by atoms with Crippen molar-refractivity contribution in [1.29, 1.82) is 0 Å². The molecule has 0 aliphatic carbocycles. The van der Waals surface area contributed by atoms with Crippen molar-refractivity contribution in [3.05, 3.63) is 65.2 Å². The third-order valence-corrected chi connectivity index (χ3v) is 4.33. The van der Waals surface area contributed by atoms with Crippen LogP contribution >= 0.6 is 0 Å². The van der Waals surface area contributed by atoms with E-state index in [2.05, 4.69) is 15.3 Å². The second-order valence-corrected chi connectivity index (χ2v) is 5.74. The number of aromatic nitrogens is 4. The number of hydrogen-bond donors (Lipinski definition) is 1. The van der Waals surface area contributed by atoms with E-state index in [-0.39, 0.29) is 5.91 Å². The maximum Gasteiger partial charge on any atom is 0.257 e. The molecule has 1 N–H and O–H groups in total. The maximum atomic E-state index is 12.8. The number of amides is 1. The Hall–Kier alpha value is -2.89. The third kappa shape index (κ3) is 2.32. The van der Waals surface area contributed by atoms with Crippen LogP contribution in [-0.2, 0) is 13.0 Å². The summed E-state index contributed by atoms with van der Waals surface area (Å²) in [4.78, 5) is 14.7. The molecule has 1 aliphatic heterocycles. The van der Waals surface area contributed by atoms with Gasteiger partial charge in [-0.05, 0) is 19.1 Å². The quantitative estimate of drug-likeness (QED) is 0.788. The first-order valence-corrected chi connectivity index (χ1v) is 7.64. The molecule has 0 fully saturated rings. The molecular weight excluding hydrogens is 290 g/mol. The summed E-state index contributed by atoms with van der Waals surface area (Å²) < 4.78 is 1.81. The Balaban J connectivity index is 1.62. The number of hydrogen-bond acceptors (Lipinski definition) is 3. The number of benzene rings is 1. The van der Waals surface area contributed by atoms with Gasteiger partial charge in [-0.15, -0.1) is 0 Å². The van der Waals surface area contributed by atoms with E-state index < -0.39 is 0 Å². The van der Waals surface area contributed by atoms with Crippen LogP contribution in [0.1, 0.15) is 27.3 Å². The number of nitrogens with one attached hydrogen (secondary N) is 1. The summed E-state index contributed by atoms with van der Waals surface area (Å²) in [5.74, 6) is 0.0246. The Morgan fingerprint density at radius 3 is 2.87 bits per heavy atom. The summed E-state index contributed by atoms with van der Waals surface area (Å²) in [6, 6.07) is 9.84. The molecule has 1 amide bonds. The van der Waals surface area contributed by atoms with Crippen molar-refractivity contribution in [3.63, 3.8) is 0 Å². The molecule has 23 heavy (non-hydrogen) atoms. The Morgan fingerprint density at radius 1 is 1.22 bits per heavy atom. The molecule has 0 unspecified atom stereocenters. The molecule has 0 bridgehead atoms. The van der Waals surface area contributed by atoms with Gasteiger partial charge in [-0.2, -0.15) is 10.2 Å². The van der Waals surface area contributed by atoms with E-state index in [1.807, 2.05) is 42.2 Å². The lowest BCUT2D eigenvalue weighted by atomic mass is 10.1. The fourth-order valence-corrected chi connectivity index (χ4v) is 3.01. The van der Waals surface area contributed by atoms with Gasteiger partial charge in [0.2, 0.25) is 0 Å². The second-order valence-electron chi connectivity index (χ2n) is 5.74. The van der Waals surface area contributed by atoms with Gasteiger partial charge in [-0.1, -0.05) is 18.2 Å². The van der Waals surface area contributed by atoms with Gasteiger partial charge in [-0.25, -0.2) is 4.68 Å². The van der Waals surface area contributed by atoms with Gasteiger partial charge in [0, 0.05) is 30.8 Å². The lowest BCUT2D eigenvalue weighted by Gasteiger charge is -2.26. The Labute approximate surface area is 133 Å². The van der Waals surface area contributed by atoms with Crippen LogP contribution in [0.15, 0.2) is 42.7 Å². The minimum Gasteiger partial charge on any atom is -0.334 e. The zero-order valence-corrected chi connectivity index (χ0v) is 12.9. The smallest absolute Gasteiger partial charge is 0.257 e. The van der Waals surface area contributed by atoms with Crippen molar-refractivity contribution in [2.45, 2.75) is 19.9 Å². The summed E-state index contributed by atoms with van der Waals surface area (Å²) in [6.07, 6.45) is 4.28. The van der Waals surface area contributed by atoms with E-state index in [1.165, 1.54) is 0 Å². The molecule has 3 aromatic rings. The van der Waals surface area contributed by atoms with Gasteiger partial charge < -0.3 is 4.90 Å². The van der Waals surface area contributed by atoms with E-state index >= 15 is 0 Å². The molecule has 0 saturated carbocycles. The Bertz CT molecular complexity index is 849. The maximum absolute atomic E-state index is 12.8. The Kier molecular flexibility index (Phi) is 3.22. The normalized spacial score (nSPS) is 13.9. The van der Waals surface area contributed by atoms with Crippen molar-refractivity contribution in [1.82, 2.24) is 24.9 Å². The first kappa shape index (κ1) is 13.8. The van der Waals surface area contributed by atoms with Crippen molar-refractivity contribution in [3.8, 4) is 5.69 Å². The molecule has 0 radical (unpaired) electrons. The van der Waals surface area contributed by atoms with Crippen LogP contribution in [0, 0.1) is 6.92 Å². The number of carbonyl (C=O) groups is 1. The van der Waals surface area contributed by atoms with Gasteiger partial charge in [0.15, 0.2) is 0 Å². The van der Waals surface area contributed by atoms with Gasteiger partial charge in [0.25, 0.3) is 5.91 Å². The van der Waals surface area contributed by atoms with Gasteiger partial charge >= 0.3 is 0 Å². The average Bonchev–Trinajstić information content (AvgIpc) is 3.20. The standard InChI is InChI=1S/C17H17N5O/c1-12-15(10-19-22(12)14-5-3-2-4-6-14)17(23)21-8-7-16-13(11-21)9-18-20-16/h2-6,9-10H,7-8,11H2,1H3,(H,18,20). The van der Waals surface area contributed by atoms with Crippen molar-refractivity contribution >= 4 is 5.91 Å². The molecule has 0 saturated heterocycles. The number of fused-ring (bicyclic) bond motifs is 1. The van der Waals surface area contributed by atoms with Crippen LogP contribution in [0.5, 0.6) is 0 Å². The fraction of sp³-hybridized carbons (Fsp3) is 0.235. The molecule has 0 atom stereocenters. The zero-order valence-electron chi connectivity index (χ0n) is 12.9. The topological polar surface area (TPSA) is 66.8 Å². The second kappa shape index (κ2) is 5.39. The zero-order chi connectivity index (χ0) is 15.8. The van der Waals surface area contributed by atoms with Gasteiger partial charge in [0.05, 0.1) is 29.3 Å². The lowest BCUT2D eigenvalue weighted by Crippen LogP contribution is -2.35. The summed E-state index contributed by atoms with van der Waals surface area (Å²) >= 11 is 0. The van der Waals surface area contributed by atoms with Crippen LogP contribution in [-0.4, -0.2) is 37.3 Å². The molecule has 116 valence electrons. The molecule has 1 aliphatic rings. The van der Waals surface area contributed by atoms with Crippen molar-refractivity contribution in [2.24, 2.45) is 0 Å². The fourth-order valence-electron chi connectivity index (χ4n) is 3.01. The van der Waals surface area contributed by atoms with E-state index in [0.717, 1.165) is 29.1 Å². The highest BCUT2D eigenvalue weighted by atomic mass is 16.2. The lowest BCUT2D eigenvalue weighted by molar-refractivity contribution is 0.0733. The number of aromatic amines is 1. The predicted octanol–water partition coefficient (Wildman–Crippen LogP) is 2.10. The number of nitrogens with zero attached hydrogens (tertiary/aromatic N) is 4. The highest BCUT2D eigenvalue weighted by molar-refractivity contribution is 5.95. The molecular formula is C17H17N5O. The largest absolute Gasteiger partial charge is 0.334 e. The van der Waals surface area contributed by atoms with Crippen molar-refractivity contribution in [2.75, 3.05) is 6.54 Å². The first-order chi connectivity index (χ1) is 11.2. The molecule has 6 nitrogen and oxygen atoms in total. The third-order valence-electron chi connectivity index (χ3n) is 4.33. The van der Waals surface area contributed by atoms with E-state index in [1.54, 1.807) is 17.1 Å². The highest BCUT2D eigenvalue weighted by Gasteiger charge is 2.25. The molecule has 1 aromatic carbocycles. The van der Waals surface area contributed by atoms with Gasteiger partial charge in [0.1, 0.15) is 0 Å². The number of carbonyl (C=O) groups excluding carboxylic acids is 1. The number of para-hydroxylation sites is 1. The summed E-state index contributed by atoms with van der Waals surface area (Å²) in [6.45, 7) is 3.23. The van der Waals surface area contributed by atoms with Crippen LogP contribution in [0.2, 0.25) is 0 Å². The van der Waals surface area contributed by atoms with Crippen molar-refractivity contribution < 1.29 is 4.79 Å². The summed E-state index contributed by atoms with van der Waals surface area (Å²) in [5, 5.41) is 11.4. The van der Waals surface area contributed by atoms with E-state index in [0.29, 0.717) is 18.7 Å². The monoisotopic (exact) mass is 307 g/mol. The molecule has 4 rings (SSSR count).